The zero-order chi connectivity index (χ0) is 21.7. The highest BCUT2D eigenvalue weighted by atomic mass is 16.5. The second-order valence-electron chi connectivity index (χ2n) is 6.69. The number of para-hydroxylation sites is 1. The number of nitrogens with zero attached hydrogens (tertiary/aromatic N) is 1. The molecule has 1 unspecified atom stereocenters. The van der Waals surface area contributed by atoms with Crippen LogP contribution in [0.15, 0.2) is 54.1 Å². The summed E-state index contributed by atoms with van der Waals surface area (Å²) in [4.78, 5) is 27.2. The highest BCUT2D eigenvalue weighted by molar-refractivity contribution is 6.46. The van der Waals surface area contributed by atoms with Gasteiger partial charge in [-0.2, -0.15) is 0 Å². The maximum atomic E-state index is 13.0. The fourth-order valence-electron chi connectivity index (χ4n) is 3.57. The minimum Gasteiger partial charge on any atom is -0.507 e. The number of amides is 1. The van der Waals surface area contributed by atoms with Crippen molar-refractivity contribution in [2.75, 3.05) is 34.0 Å². The molecule has 7 heteroatoms. The number of rotatable bonds is 8. The molecule has 0 aromatic heterocycles. The molecule has 2 aromatic rings. The van der Waals surface area contributed by atoms with E-state index in [4.69, 9.17) is 14.2 Å². The van der Waals surface area contributed by atoms with E-state index in [1.54, 1.807) is 48.5 Å². The third-order valence-electron chi connectivity index (χ3n) is 4.93. The molecular weight excluding hydrogens is 386 g/mol. The molecule has 3 rings (SSSR count). The maximum Gasteiger partial charge on any atom is 0.295 e. The Labute approximate surface area is 175 Å². The van der Waals surface area contributed by atoms with Crippen LogP contribution >= 0.6 is 0 Å². The molecule has 1 saturated heterocycles. The van der Waals surface area contributed by atoms with Gasteiger partial charge in [0.05, 0.1) is 31.9 Å². The molecule has 1 aliphatic heterocycles. The van der Waals surface area contributed by atoms with Gasteiger partial charge >= 0.3 is 0 Å². The fraction of sp³-hybridized carbons (Fsp3) is 0.304. The Morgan fingerprint density at radius 2 is 1.87 bits per heavy atom. The summed E-state index contributed by atoms with van der Waals surface area (Å²) in [7, 11) is 3.04. The quantitative estimate of drug-likeness (QED) is 0.408. The van der Waals surface area contributed by atoms with Crippen LogP contribution in [-0.2, 0) is 14.3 Å². The summed E-state index contributed by atoms with van der Waals surface area (Å²) in [6.45, 7) is 2.76. The first-order valence-corrected chi connectivity index (χ1v) is 9.67. The summed E-state index contributed by atoms with van der Waals surface area (Å²) in [6, 6.07) is 13.1. The molecule has 158 valence electrons. The first-order valence-electron chi connectivity index (χ1n) is 9.67. The normalized spacial score (nSPS) is 18.0. The second-order valence-corrected chi connectivity index (χ2v) is 6.69. The molecule has 0 aliphatic carbocycles. The number of hydrogen-bond donors (Lipinski definition) is 1. The number of carbonyl (C=O) groups is 2. The highest BCUT2D eigenvalue weighted by Crippen LogP contribution is 2.42. The molecule has 1 fully saturated rings. The fourth-order valence-corrected chi connectivity index (χ4v) is 3.57. The predicted octanol–water partition coefficient (Wildman–Crippen LogP) is 3.16. The van der Waals surface area contributed by atoms with Gasteiger partial charge in [0.2, 0.25) is 0 Å². The number of aliphatic hydroxyl groups excluding tert-OH is 1. The number of hydrogen-bond acceptors (Lipinski definition) is 6. The van der Waals surface area contributed by atoms with Crippen molar-refractivity contribution >= 4 is 17.4 Å². The third-order valence-corrected chi connectivity index (χ3v) is 4.93. The SMILES string of the molecule is CCOc1cccc(/C(O)=C2/C(=O)C(=O)N(CCOC)C2c2ccccc2OC)c1. The lowest BCUT2D eigenvalue weighted by atomic mass is 9.94. The van der Waals surface area contributed by atoms with E-state index in [1.807, 2.05) is 6.92 Å². The summed E-state index contributed by atoms with van der Waals surface area (Å²) in [5, 5.41) is 11.1. The number of ether oxygens (including phenoxy) is 3. The molecule has 1 N–H and O–H groups in total. The molecule has 0 spiro atoms. The molecule has 1 atom stereocenters. The van der Waals surface area contributed by atoms with Gasteiger partial charge < -0.3 is 24.2 Å². The van der Waals surface area contributed by atoms with Crippen molar-refractivity contribution in [3.63, 3.8) is 0 Å². The number of aliphatic hydroxyl groups is 1. The van der Waals surface area contributed by atoms with Gasteiger partial charge in [-0.05, 0) is 25.1 Å². The largest absolute Gasteiger partial charge is 0.507 e. The number of Topliss-reactive ketones (excluding diaryl/α,β-unsaturated/α-hetero) is 1. The molecule has 7 nitrogen and oxygen atoms in total. The van der Waals surface area contributed by atoms with Gasteiger partial charge in [0.15, 0.2) is 0 Å². The van der Waals surface area contributed by atoms with Gasteiger partial charge in [0.1, 0.15) is 17.3 Å². The lowest BCUT2D eigenvalue weighted by molar-refractivity contribution is -0.140. The minimum atomic E-state index is -0.799. The van der Waals surface area contributed by atoms with E-state index >= 15 is 0 Å². The van der Waals surface area contributed by atoms with Crippen LogP contribution in [0.4, 0.5) is 0 Å². The Hall–Kier alpha value is -3.32. The average molecular weight is 411 g/mol. The Bertz CT molecular complexity index is 968. The van der Waals surface area contributed by atoms with Crippen molar-refractivity contribution in [2.24, 2.45) is 0 Å². The number of likely N-dealkylation sites (tertiary alicyclic amines) is 1. The van der Waals surface area contributed by atoms with Crippen LogP contribution in [0.5, 0.6) is 11.5 Å². The summed E-state index contributed by atoms with van der Waals surface area (Å²) >= 11 is 0. The molecule has 30 heavy (non-hydrogen) atoms. The van der Waals surface area contributed by atoms with Crippen LogP contribution in [0.25, 0.3) is 5.76 Å². The zero-order valence-electron chi connectivity index (χ0n) is 17.3. The van der Waals surface area contributed by atoms with E-state index in [9.17, 15) is 14.7 Å². The van der Waals surface area contributed by atoms with E-state index in [2.05, 4.69) is 0 Å². The van der Waals surface area contributed by atoms with Gasteiger partial charge in [-0.3, -0.25) is 9.59 Å². The topological polar surface area (TPSA) is 85.3 Å². The number of carbonyl (C=O) groups excluding carboxylic acids is 2. The van der Waals surface area contributed by atoms with Gasteiger partial charge in [-0.15, -0.1) is 0 Å². The first-order chi connectivity index (χ1) is 14.5. The van der Waals surface area contributed by atoms with E-state index in [-0.39, 0.29) is 24.5 Å². The summed E-state index contributed by atoms with van der Waals surface area (Å²) < 4.78 is 16.1. The first kappa shape index (κ1) is 21.4. The van der Waals surface area contributed by atoms with Crippen molar-refractivity contribution in [1.29, 1.82) is 0 Å². The molecule has 1 aliphatic rings. The maximum absolute atomic E-state index is 13.0. The molecule has 0 saturated carbocycles. The van der Waals surface area contributed by atoms with E-state index in [1.165, 1.54) is 19.1 Å². The Morgan fingerprint density at radius 3 is 2.57 bits per heavy atom. The van der Waals surface area contributed by atoms with Gasteiger partial charge in [0.25, 0.3) is 11.7 Å². The molecular formula is C23H25NO6. The van der Waals surface area contributed by atoms with Crippen molar-refractivity contribution in [1.82, 2.24) is 4.90 Å². The van der Waals surface area contributed by atoms with E-state index < -0.39 is 17.7 Å². The molecule has 1 amide bonds. The van der Waals surface area contributed by atoms with Crippen molar-refractivity contribution in [3.05, 3.63) is 65.2 Å². The van der Waals surface area contributed by atoms with Crippen molar-refractivity contribution < 1.29 is 28.9 Å². The lowest BCUT2D eigenvalue weighted by Crippen LogP contribution is -2.32. The average Bonchev–Trinajstić information content (AvgIpc) is 3.02. The molecule has 0 bridgehead atoms. The van der Waals surface area contributed by atoms with E-state index in [0.717, 1.165) is 0 Å². The third kappa shape index (κ3) is 4.02. The summed E-state index contributed by atoms with van der Waals surface area (Å²) in [5.41, 5.74) is 1.01. The Balaban J connectivity index is 2.18. The second kappa shape index (κ2) is 9.45. The predicted molar refractivity (Wildman–Crippen MR) is 111 cm³/mol. The Kier molecular flexibility index (Phi) is 6.74. The van der Waals surface area contributed by atoms with Crippen molar-refractivity contribution in [2.45, 2.75) is 13.0 Å². The number of ketones is 1. The summed E-state index contributed by atoms with van der Waals surface area (Å²) in [6.07, 6.45) is 0. The molecule has 0 radical (unpaired) electrons. The van der Waals surface area contributed by atoms with Gasteiger partial charge in [0, 0.05) is 24.8 Å². The van der Waals surface area contributed by atoms with Gasteiger partial charge in [-0.25, -0.2) is 0 Å². The minimum absolute atomic E-state index is 0.00857. The van der Waals surface area contributed by atoms with Crippen LogP contribution in [-0.4, -0.2) is 55.7 Å². The van der Waals surface area contributed by atoms with Crippen LogP contribution < -0.4 is 9.47 Å². The number of methoxy groups -OCH3 is 2. The van der Waals surface area contributed by atoms with Crippen LogP contribution in [0.2, 0.25) is 0 Å². The molecule has 1 heterocycles. The Morgan fingerprint density at radius 1 is 1.10 bits per heavy atom. The monoisotopic (exact) mass is 411 g/mol. The van der Waals surface area contributed by atoms with Gasteiger partial charge in [-0.1, -0.05) is 30.3 Å². The van der Waals surface area contributed by atoms with Crippen LogP contribution in [0.1, 0.15) is 24.1 Å². The highest BCUT2D eigenvalue weighted by Gasteiger charge is 2.46. The zero-order valence-corrected chi connectivity index (χ0v) is 17.3. The number of benzene rings is 2. The van der Waals surface area contributed by atoms with Crippen molar-refractivity contribution in [3.8, 4) is 11.5 Å². The smallest absolute Gasteiger partial charge is 0.295 e. The van der Waals surface area contributed by atoms with Crippen LogP contribution in [0, 0.1) is 0 Å². The van der Waals surface area contributed by atoms with E-state index in [0.29, 0.717) is 29.2 Å². The summed E-state index contributed by atoms with van der Waals surface area (Å²) in [5.74, 6) is -0.623. The lowest BCUT2D eigenvalue weighted by Gasteiger charge is -2.26. The van der Waals surface area contributed by atoms with Crippen LogP contribution in [0.3, 0.4) is 0 Å². The standard InChI is InChI=1S/C23H25NO6/c1-4-30-16-9-7-8-15(14-16)21(25)19-20(17-10-5-6-11-18(17)29-3)24(12-13-28-2)23(27)22(19)26/h5-11,14,20,25H,4,12-13H2,1-3H3/b21-19-. The molecule has 2 aromatic carbocycles.